The monoisotopic (exact) mass is 279 g/mol. The Kier molecular flexibility index (Phi) is 6.87. The molecule has 0 heterocycles. The van der Waals surface area contributed by atoms with E-state index < -0.39 is 12.0 Å². The molecule has 0 aliphatic rings. The fourth-order valence-electron chi connectivity index (χ4n) is 1.92. The summed E-state index contributed by atoms with van der Waals surface area (Å²) in [4.78, 5) is 22.4. The van der Waals surface area contributed by atoms with Crippen molar-refractivity contribution in [3.63, 3.8) is 0 Å². The Hall–Kier alpha value is -1.75. The minimum atomic E-state index is -0.973. The van der Waals surface area contributed by atoms with Gasteiger partial charge >= 0.3 is 5.97 Å². The molecule has 110 valence electrons. The van der Waals surface area contributed by atoms with E-state index in [2.05, 4.69) is 5.18 Å². The van der Waals surface area contributed by atoms with Crippen LogP contribution in [0.4, 0.5) is 0 Å². The Labute approximate surface area is 119 Å². The Balaban J connectivity index is 2.58. The van der Waals surface area contributed by atoms with E-state index in [9.17, 15) is 9.70 Å². The lowest BCUT2D eigenvalue weighted by Crippen LogP contribution is -2.24. The van der Waals surface area contributed by atoms with Crippen LogP contribution < -0.4 is 0 Å². The second-order valence-electron chi connectivity index (χ2n) is 4.82. The molecule has 0 radical (unpaired) electrons. The van der Waals surface area contributed by atoms with Crippen molar-refractivity contribution in [3.05, 3.63) is 40.8 Å². The molecule has 2 unspecified atom stereocenters. The molecule has 5 nitrogen and oxygen atoms in total. The van der Waals surface area contributed by atoms with E-state index in [0.717, 1.165) is 5.56 Å². The molecule has 0 aliphatic carbocycles. The topological polar surface area (TPSA) is 65.0 Å². The average molecular weight is 279 g/mol. The fourth-order valence-corrected chi connectivity index (χ4v) is 1.92. The van der Waals surface area contributed by atoms with Crippen molar-refractivity contribution in [2.45, 2.75) is 44.9 Å². The van der Waals surface area contributed by atoms with Gasteiger partial charge in [-0.1, -0.05) is 35.5 Å². The maximum absolute atomic E-state index is 11.7. The second-order valence-corrected chi connectivity index (χ2v) is 4.82. The van der Waals surface area contributed by atoms with Crippen LogP contribution in [0.3, 0.4) is 0 Å². The van der Waals surface area contributed by atoms with Gasteiger partial charge in [-0.25, -0.2) is 4.79 Å². The highest BCUT2D eigenvalue weighted by molar-refractivity contribution is 5.76. The number of carbonyl (C=O) groups excluding carboxylic acids is 1. The number of methoxy groups -OCH3 is 1. The normalized spacial score (nSPS) is 13.8. The van der Waals surface area contributed by atoms with Crippen molar-refractivity contribution in [1.82, 2.24) is 0 Å². The summed E-state index contributed by atoms with van der Waals surface area (Å²) in [5.74, 6) is -0.571. The van der Waals surface area contributed by atoms with Gasteiger partial charge in [0, 0.05) is 7.11 Å². The number of ether oxygens (including phenoxy) is 2. The number of carbonyl (C=O) groups is 1. The van der Waals surface area contributed by atoms with Gasteiger partial charge in [0.25, 0.3) is 0 Å². The van der Waals surface area contributed by atoms with Crippen LogP contribution in [0.25, 0.3) is 0 Å². The minimum Gasteiger partial charge on any atom is -0.461 e. The highest BCUT2D eigenvalue weighted by Crippen LogP contribution is 2.23. The van der Waals surface area contributed by atoms with E-state index in [1.807, 2.05) is 30.3 Å². The van der Waals surface area contributed by atoms with Crippen LogP contribution in [-0.4, -0.2) is 25.2 Å². The zero-order valence-corrected chi connectivity index (χ0v) is 12.1. The van der Waals surface area contributed by atoms with E-state index in [4.69, 9.17) is 9.47 Å². The zero-order valence-electron chi connectivity index (χ0n) is 12.1. The van der Waals surface area contributed by atoms with Crippen molar-refractivity contribution in [1.29, 1.82) is 0 Å². The molecular formula is C15H21NO4. The quantitative estimate of drug-likeness (QED) is 0.541. The first-order valence-corrected chi connectivity index (χ1v) is 6.69. The third-order valence-corrected chi connectivity index (χ3v) is 2.91. The first kappa shape index (κ1) is 16.3. The third kappa shape index (κ3) is 5.09. The Morgan fingerprint density at radius 3 is 2.35 bits per heavy atom. The van der Waals surface area contributed by atoms with E-state index in [1.165, 1.54) is 0 Å². The summed E-state index contributed by atoms with van der Waals surface area (Å²) in [6, 6.07) is 8.69. The molecule has 0 saturated carbocycles. The number of benzene rings is 1. The number of nitroso groups, excluding NO2 is 1. The molecule has 0 spiro atoms. The molecule has 0 N–H and O–H groups in total. The zero-order chi connectivity index (χ0) is 15.0. The lowest BCUT2D eigenvalue weighted by atomic mass is 10.0. The second kappa shape index (κ2) is 8.43. The van der Waals surface area contributed by atoms with Crippen LogP contribution in [0.15, 0.2) is 35.5 Å². The molecule has 1 aromatic carbocycles. The summed E-state index contributed by atoms with van der Waals surface area (Å²) in [5, 5.41) is 2.86. The maximum atomic E-state index is 11.7. The number of nitrogens with zero attached hydrogens (tertiary/aromatic N) is 1. The highest BCUT2D eigenvalue weighted by atomic mass is 16.5. The summed E-state index contributed by atoms with van der Waals surface area (Å²) in [6.07, 6.45) is 0.429. The predicted octanol–water partition coefficient (Wildman–Crippen LogP) is 3.24. The first-order valence-electron chi connectivity index (χ1n) is 6.69. The molecule has 1 aromatic rings. The summed E-state index contributed by atoms with van der Waals surface area (Å²) in [6.45, 7) is 3.48. The first-order chi connectivity index (χ1) is 9.58. The van der Waals surface area contributed by atoms with Crippen molar-refractivity contribution in [2.75, 3.05) is 7.11 Å². The van der Waals surface area contributed by atoms with Gasteiger partial charge in [0.2, 0.25) is 0 Å². The van der Waals surface area contributed by atoms with Crippen LogP contribution in [0.2, 0.25) is 0 Å². The van der Waals surface area contributed by atoms with E-state index in [1.54, 1.807) is 21.0 Å². The van der Waals surface area contributed by atoms with Crippen LogP contribution >= 0.6 is 0 Å². The Morgan fingerprint density at radius 1 is 1.20 bits per heavy atom. The van der Waals surface area contributed by atoms with Gasteiger partial charge < -0.3 is 9.47 Å². The van der Waals surface area contributed by atoms with Crippen molar-refractivity contribution in [2.24, 2.45) is 5.18 Å². The standard InChI is InChI=1S/C15H21NO4/c1-11(2)20-15(17)13(16-18)9-10-14(19-3)12-7-5-4-6-8-12/h4-8,11,13-14H,9-10H2,1-3H3. The molecule has 0 aromatic heterocycles. The van der Waals surface area contributed by atoms with Gasteiger partial charge in [-0.05, 0) is 32.3 Å². The summed E-state index contributed by atoms with van der Waals surface area (Å²) in [5.41, 5.74) is 1.01. The van der Waals surface area contributed by atoms with E-state index in [0.29, 0.717) is 12.8 Å². The van der Waals surface area contributed by atoms with E-state index >= 15 is 0 Å². The molecule has 0 aliphatic heterocycles. The number of hydrogen-bond acceptors (Lipinski definition) is 5. The van der Waals surface area contributed by atoms with Crippen molar-refractivity contribution >= 4 is 5.97 Å². The SMILES string of the molecule is COC(CCC(N=O)C(=O)OC(C)C)c1ccccc1. The lowest BCUT2D eigenvalue weighted by Gasteiger charge is -2.17. The van der Waals surface area contributed by atoms with Gasteiger partial charge in [0.1, 0.15) is 0 Å². The smallest absolute Gasteiger partial charge is 0.334 e. The average Bonchev–Trinajstić information content (AvgIpc) is 2.44. The largest absolute Gasteiger partial charge is 0.461 e. The predicted molar refractivity (Wildman–Crippen MR) is 76.2 cm³/mol. The molecule has 0 fully saturated rings. The molecule has 0 amide bonds. The summed E-state index contributed by atoms with van der Waals surface area (Å²) in [7, 11) is 1.60. The number of esters is 1. The van der Waals surface area contributed by atoms with Crippen LogP contribution in [0, 0.1) is 4.91 Å². The van der Waals surface area contributed by atoms with E-state index in [-0.39, 0.29) is 12.2 Å². The minimum absolute atomic E-state index is 0.160. The van der Waals surface area contributed by atoms with Crippen molar-refractivity contribution < 1.29 is 14.3 Å². The van der Waals surface area contributed by atoms with Crippen LogP contribution in [0.1, 0.15) is 38.4 Å². The molecule has 5 heteroatoms. The van der Waals surface area contributed by atoms with Crippen LogP contribution in [0.5, 0.6) is 0 Å². The number of hydrogen-bond donors (Lipinski definition) is 0. The summed E-state index contributed by atoms with van der Waals surface area (Å²) >= 11 is 0. The summed E-state index contributed by atoms with van der Waals surface area (Å²) < 4.78 is 10.4. The Morgan fingerprint density at radius 2 is 1.85 bits per heavy atom. The molecule has 1 rings (SSSR count). The van der Waals surface area contributed by atoms with Gasteiger partial charge in [-0.3, -0.25) is 0 Å². The third-order valence-electron chi connectivity index (χ3n) is 2.91. The number of rotatable bonds is 8. The van der Waals surface area contributed by atoms with Gasteiger partial charge in [0.15, 0.2) is 6.04 Å². The lowest BCUT2D eigenvalue weighted by molar-refractivity contribution is -0.149. The van der Waals surface area contributed by atoms with Crippen LogP contribution in [-0.2, 0) is 14.3 Å². The fraction of sp³-hybridized carbons (Fsp3) is 0.533. The van der Waals surface area contributed by atoms with Gasteiger partial charge in [-0.2, -0.15) is 0 Å². The molecule has 2 atom stereocenters. The highest BCUT2D eigenvalue weighted by Gasteiger charge is 2.23. The molecule has 0 saturated heterocycles. The molecular weight excluding hydrogens is 258 g/mol. The van der Waals surface area contributed by atoms with Crippen molar-refractivity contribution in [3.8, 4) is 0 Å². The maximum Gasteiger partial charge on any atom is 0.334 e. The molecule has 20 heavy (non-hydrogen) atoms. The van der Waals surface area contributed by atoms with Gasteiger partial charge in [0.05, 0.1) is 12.2 Å². The molecule has 0 bridgehead atoms. The Bertz CT molecular complexity index is 419. The van der Waals surface area contributed by atoms with Gasteiger partial charge in [-0.15, -0.1) is 4.91 Å².